The van der Waals surface area contributed by atoms with Crippen LogP contribution in [-0.4, -0.2) is 13.2 Å². The smallest absolute Gasteiger partial charge is 0.119 e. The molecule has 0 bridgehead atoms. The topological polar surface area (TPSA) is 18.5 Å². The van der Waals surface area contributed by atoms with E-state index in [4.69, 9.17) is 9.47 Å². The minimum Gasteiger partial charge on any atom is -0.494 e. The first-order valence-electron chi connectivity index (χ1n) is 10.2. The Morgan fingerprint density at radius 1 is 0.692 bits per heavy atom. The van der Waals surface area contributed by atoms with E-state index < -0.39 is 0 Å². The summed E-state index contributed by atoms with van der Waals surface area (Å²) in [6.07, 6.45) is 7.34. The average molecular weight is 355 g/mol. The van der Waals surface area contributed by atoms with Crippen molar-refractivity contribution in [2.24, 2.45) is 0 Å². The predicted octanol–water partition coefficient (Wildman–Crippen LogP) is 7.19. The molecule has 2 rings (SSSR count). The Labute approximate surface area is 159 Å². The van der Waals surface area contributed by atoms with Crippen LogP contribution in [0.2, 0.25) is 0 Å². The van der Waals surface area contributed by atoms with Gasteiger partial charge in [-0.15, -0.1) is 0 Å². The molecule has 0 fully saturated rings. The highest BCUT2D eigenvalue weighted by atomic mass is 16.5. The van der Waals surface area contributed by atoms with Crippen LogP contribution >= 0.6 is 0 Å². The van der Waals surface area contributed by atoms with E-state index in [0.29, 0.717) is 0 Å². The van der Waals surface area contributed by atoms with Gasteiger partial charge < -0.3 is 9.47 Å². The third-order valence-corrected chi connectivity index (χ3v) is 4.70. The van der Waals surface area contributed by atoms with E-state index in [1.54, 1.807) is 0 Å². The van der Waals surface area contributed by atoms with Gasteiger partial charge in [-0.05, 0) is 48.6 Å². The third kappa shape index (κ3) is 6.84. The fraction of sp³-hybridized carbons (Fsp3) is 0.500. The van der Waals surface area contributed by atoms with Crippen LogP contribution in [-0.2, 0) is 4.74 Å². The van der Waals surface area contributed by atoms with Gasteiger partial charge in [0.25, 0.3) is 0 Å². The van der Waals surface area contributed by atoms with Crippen LogP contribution in [0.3, 0.4) is 0 Å². The molecule has 0 aliphatic heterocycles. The molecule has 142 valence electrons. The maximum absolute atomic E-state index is 5.93. The van der Waals surface area contributed by atoms with Crippen molar-refractivity contribution in [2.75, 3.05) is 13.2 Å². The second kappa shape index (κ2) is 11.7. The van der Waals surface area contributed by atoms with Gasteiger partial charge in [-0.25, -0.2) is 0 Å². The van der Waals surface area contributed by atoms with Gasteiger partial charge >= 0.3 is 0 Å². The minimum atomic E-state index is 0.153. The van der Waals surface area contributed by atoms with E-state index >= 15 is 0 Å². The van der Waals surface area contributed by atoms with E-state index in [1.165, 1.54) is 42.4 Å². The number of hydrogen-bond donors (Lipinski definition) is 0. The van der Waals surface area contributed by atoms with E-state index in [2.05, 4.69) is 69.3 Å². The second-order valence-corrected chi connectivity index (χ2v) is 6.92. The lowest BCUT2D eigenvalue weighted by Gasteiger charge is -2.14. The normalized spacial score (nSPS) is 12.1. The molecule has 26 heavy (non-hydrogen) atoms. The highest BCUT2D eigenvalue weighted by Crippen LogP contribution is 2.25. The van der Waals surface area contributed by atoms with Crippen molar-refractivity contribution in [1.29, 1.82) is 0 Å². The lowest BCUT2D eigenvalue weighted by Crippen LogP contribution is -2.01. The number of hydrogen-bond acceptors (Lipinski definition) is 2. The fourth-order valence-corrected chi connectivity index (χ4v) is 2.94. The maximum atomic E-state index is 5.93. The molecule has 0 radical (unpaired) electrons. The molecule has 0 saturated carbocycles. The van der Waals surface area contributed by atoms with Gasteiger partial charge in [-0.3, -0.25) is 0 Å². The molecular formula is C24H34O2. The van der Waals surface area contributed by atoms with Gasteiger partial charge in [0, 0.05) is 6.61 Å². The lowest BCUT2D eigenvalue weighted by molar-refractivity contribution is 0.0630. The number of benzene rings is 2. The van der Waals surface area contributed by atoms with Crippen LogP contribution in [0, 0.1) is 0 Å². The molecule has 0 N–H and O–H groups in total. The van der Waals surface area contributed by atoms with E-state index in [1.807, 2.05) is 0 Å². The van der Waals surface area contributed by atoms with Gasteiger partial charge in [0.1, 0.15) is 5.75 Å². The Morgan fingerprint density at radius 2 is 1.23 bits per heavy atom. The number of unbranched alkanes of at least 4 members (excludes halogenated alkanes) is 4. The van der Waals surface area contributed by atoms with Crippen molar-refractivity contribution in [3.05, 3.63) is 54.1 Å². The van der Waals surface area contributed by atoms with Crippen LogP contribution in [0.4, 0.5) is 0 Å². The predicted molar refractivity (Wildman–Crippen MR) is 111 cm³/mol. The lowest BCUT2D eigenvalue weighted by atomic mass is 10.0. The standard InChI is InChI=1S/C24H34O2/c1-4-6-8-18-25-20(3)21-10-12-22(13-11-21)23-14-16-24(17-15-23)26-19-9-7-5-2/h10-17,20H,4-9,18-19H2,1-3H3. The van der Waals surface area contributed by atoms with Crippen LogP contribution in [0.25, 0.3) is 11.1 Å². The van der Waals surface area contributed by atoms with Crippen molar-refractivity contribution in [3.8, 4) is 16.9 Å². The average Bonchev–Trinajstić information content (AvgIpc) is 2.69. The Hall–Kier alpha value is -1.80. The van der Waals surface area contributed by atoms with Crippen LogP contribution < -0.4 is 4.74 Å². The molecule has 0 aromatic heterocycles. The molecule has 0 aliphatic carbocycles. The quantitative estimate of drug-likeness (QED) is 0.375. The zero-order valence-electron chi connectivity index (χ0n) is 16.7. The molecule has 0 saturated heterocycles. The van der Waals surface area contributed by atoms with Gasteiger partial charge in [-0.2, -0.15) is 0 Å². The third-order valence-electron chi connectivity index (χ3n) is 4.70. The Morgan fingerprint density at radius 3 is 1.81 bits per heavy atom. The van der Waals surface area contributed by atoms with E-state index in [-0.39, 0.29) is 6.10 Å². The molecule has 0 aliphatic rings. The summed E-state index contributed by atoms with van der Waals surface area (Å²) < 4.78 is 11.7. The summed E-state index contributed by atoms with van der Waals surface area (Å²) in [6.45, 7) is 8.20. The number of rotatable bonds is 12. The maximum Gasteiger partial charge on any atom is 0.119 e. The molecular weight excluding hydrogens is 320 g/mol. The minimum absolute atomic E-state index is 0.153. The summed E-state index contributed by atoms with van der Waals surface area (Å²) in [6, 6.07) is 17.1. The largest absolute Gasteiger partial charge is 0.494 e. The molecule has 2 heteroatoms. The zero-order chi connectivity index (χ0) is 18.6. The first-order chi connectivity index (χ1) is 12.7. The van der Waals surface area contributed by atoms with Crippen molar-refractivity contribution >= 4 is 0 Å². The highest BCUT2D eigenvalue weighted by molar-refractivity contribution is 5.64. The van der Waals surface area contributed by atoms with E-state index in [0.717, 1.165) is 31.8 Å². The van der Waals surface area contributed by atoms with Crippen LogP contribution in [0.15, 0.2) is 48.5 Å². The molecule has 1 unspecified atom stereocenters. The van der Waals surface area contributed by atoms with Crippen molar-refractivity contribution < 1.29 is 9.47 Å². The second-order valence-electron chi connectivity index (χ2n) is 6.92. The van der Waals surface area contributed by atoms with Gasteiger partial charge in [0.05, 0.1) is 12.7 Å². The molecule has 2 aromatic rings. The molecule has 1 atom stereocenters. The van der Waals surface area contributed by atoms with Crippen LogP contribution in [0.1, 0.15) is 71.0 Å². The van der Waals surface area contributed by atoms with Gasteiger partial charge in [0.2, 0.25) is 0 Å². The first-order valence-corrected chi connectivity index (χ1v) is 10.2. The van der Waals surface area contributed by atoms with Crippen molar-refractivity contribution in [1.82, 2.24) is 0 Å². The summed E-state index contributed by atoms with van der Waals surface area (Å²) in [7, 11) is 0. The van der Waals surface area contributed by atoms with Crippen molar-refractivity contribution in [2.45, 2.75) is 65.4 Å². The van der Waals surface area contributed by atoms with E-state index in [9.17, 15) is 0 Å². The Bertz CT molecular complexity index is 601. The zero-order valence-corrected chi connectivity index (χ0v) is 16.7. The summed E-state index contributed by atoms with van der Waals surface area (Å²) in [5.41, 5.74) is 3.68. The Kier molecular flexibility index (Phi) is 9.27. The van der Waals surface area contributed by atoms with Crippen molar-refractivity contribution in [3.63, 3.8) is 0 Å². The molecule has 0 heterocycles. The molecule has 0 amide bonds. The van der Waals surface area contributed by atoms with Gasteiger partial charge in [0.15, 0.2) is 0 Å². The summed E-state index contributed by atoms with van der Waals surface area (Å²) >= 11 is 0. The first kappa shape index (κ1) is 20.5. The fourth-order valence-electron chi connectivity index (χ4n) is 2.94. The Balaban J connectivity index is 1.87. The van der Waals surface area contributed by atoms with Gasteiger partial charge in [-0.1, -0.05) is 75.9 Å². The summed E-state index contributed by atoms with van der Waals surface area (Å²) in [5.74, 6) is 0.954. The SMILES string of the molecule is CCCCCOc1ccc(-c2ccc(C(C)OCCCCC)cc2)cc1. The molecule has 2 aromatic carbocycles. The van der Waals surface area contributed by atoms with Crippen LogP contribution in [0.5, 0.6) is 5.75 Å². The molecule has 2 nitrogen and oxygen atoms in total. The number of ether oxygens (including phenoxy) is 2. The monoisotopic (exact) mass is 354 g/mol. The molecule has 0 spiro atoms. The summed E-state index contributed by atoms with van der Waals surface area (Å²) in [4.78, 5) is 0. The highest BCUT2D eigenvalue weighted by Gasteiger charge is 2.06. The summed E-state index contributed by atoms with van der Waals surface area (Å²) in [5, 5.41) is 0.